The van der Waals surface area contributed by atoms with Crippen molar-refractivity contribution >= 4 is 50.9 Å². The quantitative estimate of drug-likeness (QED) is 0.263. The first-order valence-electron chi connectivity index (χ1n) is 9.13. The van der Waals surface area contributed by atoms with Crippen LogP contribution in [-0.2, 0) is 11.2 Å². The van der Waals surface area contributed by atoms with Crippen LogP contribution in [0.3, 0.4) is 0 Å². The van der Waals surface area contributed by atoms with Crippen molar-refractivity contribution < 1.29 is 13.9 Å². The van der Waals surface area contributed by atoms with Crippen molar-refractivity contribution in [3.8, 4) is 17.6 Å². The van der Waals surface area contributed by atoms with Crippen LogP contribution in [-0.4, -0.2) is 11.8 Å². The highest BCUT2D eigenvalue weighted by Gasteiger charge is 2.18. The van der Waals surface area contributed by atoms with Crippen LogP contribution in [0.5, 0.6) is 11.5 Å². The Morgan fingerprint density at radius 1 is 1.12 bits per heavy atom. The minimum Gasteiger partial charge on any atom is -0.453 e. The molecule has 0 bridgehead atoms. The highest BCUT2D eigenvalue weighted by atomic mass is 79.9. The average Bonchev–Trinajstić information content (AvgIpc) is 2.72. The molecule has 0 saturated heterocycles. The summed E-state index contributed by atoms with van der Waals surface area (Å²) in [5.74, 6) is -1.43. The molecule has 0 fully saturated rings. The molecular formula is C23H15BrCl2FN3O2. The maximum Gasteiger partial charge on any atom is 0.221 e. The topological polar surface area (TPSA) is 89.9 Å². The molecule has 0 aliphatic carbocycles. The predicted molar refractivity (Wildman–Crippen MR) is 126 cm³/mol. The third kappa shape index (κ3) is 5.65. The number of benzene rings is 3. The number of nitrogens with one attached hydrogen (secondary N) is 2. The van der Waals surface area contributed by atoms with Gasteiger partial charge in [-0.1, -0.05) is 45.2 Å². The van der Waals surface area contributed by atoms with E-state index in [2.05, 4.69) is 15.9 Å². The summed E-state index contributed by atoms with van der Waals surface area (Å²) >= 11 is 15.4. The van der Waals surface area contributed by atoms with Crippen molar-refractivity contribution in [1.82, 2.24) is 0 Å². The van der Waals surface area contributed by atoms with Crippen LogP contribution in [0.1, 0.15) is 22.3 Å². The fourth-order valence-corrected chi connectivity index (χ4v) is 3.76. The Kier molecular flexibility index (Phi) is 7.52. The summed E-state index contributed by atoms with van der Waals surface area (Å²) in [6, 6.07) is 14.4. The molecule has 9 heteroatoms. The summed E-state index contributed by atoms with van der Waals surface area (Å²) < 4.78 is 26.8. The van der Waals surface area contributed by atoms with Crippen molar-refractivity contribution in [3.63, 3.8) is 0 Å². The summed E-state index contributed by atoms with van der Waals surface area (Å²) in [5.41, 5.74) is 1.66. The molecule has 0 saturated carbocycles. The molecule has 0 amide bonds. The summed E-state index contributed by atoms with van der Waals surface area (Å²) in [6.45, 7) is 1.82. The van der Waals surface area contributed by atoms with Crippen molar-refractivity contribution in [3.05, 3.63) is 91.1 Å². The second-order valence-corrected chi connectivity index (χ2v) is 8.49. The molecule has 0 radical (unpaired) electrons. The van der Waals surface area contributed by atoms with Gasteiger partial charge in [-0.25, -0.2) is 4.39 Å². The SMILES string of the molecule is Cc1cc(Br)ccc1C(=N)OC(=N)Cc1ccc(Cl)c(Oc2cc(Cl)cc(C#N)c2)c1F. The van der Waals surface area contributed by atoms with Crippen molar-refractivity contribution in [2.45, 2.75) is 13.3 Å². The molecule has 3 rings (SSSR count). The molecule has 32 heavy (non-hydrogen) atoms. The van der Waals surface area contributed by atoms with Gasteiger partial charge in [-0.15, -0.1) is 0 Å². The third-order valence-electron chi connectivity index (χ3n) is 4.36. The molecule has 0 heterocycles. The molecule has 3 aromatic rings. The van der Waals surface area contributed by atoms with Crippen LogP contribution in [0.15, 0.2) is 53.0 Å². The molecule has 0 spiro atoms. The maximum absolute atomic E-state index is 15.1. The predicted octanol–water partition coefficient (Wildman–Crippen LogP) is 7.43. The monoisotopic (exact) mass is 533 g/mol. The van der Waals surface area contributed by atoms with Crippen molar-refractivity contribution in [2.24, 2.45) is 0 Å². The lowest BCUT2D eigenvalue weighted by Crippen LogP contribution is -2.15. The zero-order valence-electron chi connectivity index (χ0n) is 16.6. The summed E-state index contributed by atoms with van der Waals surface area (Å²) in [5, 5.41) is 25.5. The first kappa shape index (κ1) is 23.7. The number of hydrogen-bond acceptors (Lipinski definition) is 5. The highest BCUT2D eigenvalue weighted by Crippen LogP contribution is 2.35. The second kappa shape index (κ2) is 10.1. The molecule has 3 aromatic carbocycles. The van der Waals surface area contributed by atoms with Gasteiger partial charge >= 0.3 is 0 Å². The molecule has 0 atom stereocenters. The fourth-order valence-electron chi connectivity index (χ4n) is 2.88. The Balaban J connectivity index is 1.79. The number of nitriles is 1. The number of hydrogen-bond donors (Lipinski definition) is 2. The van der Waals surface area contributed by atoms with Gasteiger partial charge in [0.1, 0.15) is 5.75 Å². The van der Waals surface area contributed by atoms with E-state index in [0.717, 1.165) is 10.0 Å². The smallest absolute Gasteiger partial charge is 0.221 e. The van der Waals surface area contributed by atoms with E-state index in [9.17, 15) is 0 Å². The molecule has 162 valence electrons. The van der Waals surface area contributed by atoms with Crippen LogP contribution in [0.25, 0.3) is 0 Å². The van der Waals surface area contributed by atoms with Crippen LogP contribution in [0, 0.1) is 34.9 Å². The molecule has 0 unspecified atom stereocenters. The fraction of sp³-hybridized carbons (Fsp3) is 0.0870. The van der Waals surface area contributed by atoms with E-state index < -0.39 is 5.82 Å². The van der Waals surface area contributed by atoms with Gasteiger partial charge in [0.05, 0.1) is 23.1 Å². The standard InChI is InChI=1S/C23H15BrCl2FN3O2/c1-12-6-15(24)3-4-18(12)23(30)32-20(29)9-14-2-5-19(26)22(21(14)27)31-17-8-13(11-28)7-16(25)10-17/h2-8,10,29-30H,9H2,1H3. The van der Waals surface area contributed by atoms with Crippen molar-refractivity contribution in [1.29, 1.82) is 16.1 Å². The zero-order chi connectivity index (χ0) is 23.4. The van der Waals surface area contributed by atoms with Gasteiger partial charge in [-0.3, -0.25) is 10.8 Å². The van der Waals surface area contributed by atoms with E-state index >= 15 is 4.39 Å². The lowest BCUT2D eigenvalue weighted by Gasteiger charge is -2.14. The summed E-state index contributed by atoms with van der Waals surface area (Å²) in [6.07, 6.45) is -0.226. The zero-order valence-corrected chi connectivity index (χ0v) is 19.7. The van der Waals surface area contributed by atoms with E-state index in [1.165, 1.54) is 30.3 Å². The third-order valence-corrected chi connectivity index (χ3v) is 5.37. The van der Waals surface area contributed by atoms with Crippen LogP contribution < -0.4 is 4.74 Å². The maximum atomic E-state index is 15.1. The number of nitrogens with zero attached hydrogens (tertiary/aromatic N) is 1. The number of rotatable bonds is 5. The largest absolute Gasteiger partial charge is 0.453 e. The molecule has 0 aliphatic rings. The highest BCUT2D eigenvalue weighted by molar-refractivity contribution is 9.10. The molecule has 0 aromatic heterocycles. The van der Waals surface area contributed by atoms with Gasteiger partial charge in [0.2, 0.25) is 5.90 Å². The number of halogens is 4. The van der Waals surface area contributed by atoms with E-state index in [-0.39, 0.29) is 50.9 Å². The van der Waals surface area contributed by atoms with Crippen LogP contribution in [0.2, 0.25) is 10.0 Å². The summed E-state index contributed by atoms with van der Waals surface area (Å²) in [4.78, 5) is 0. The van der Waals surface area contributed by atoms with Gasteiger partial charge < -0.3 is 9.47 Å². The Hall–Kier alpha value is -2.92. The average molecular weight is 535 g/mol. The van der Waals surface area contributed by atoms with E-state index in [4.69, 9.17) is 48.8 Å². The van der Waals surface area contributed by atoms with E-state index in [0.29, 0.717) is 5.56 Å². The Morgan fingerprint density at radius 2 is 1.88 bits per heavy atom. The molecule has 2 N–H and O–H groups in total. The first-order chi connectivity index (χ1) is 15.2. The van der Waals surface area contributed by atoms with Gasteiger partial charge in [0.25, 0.3) is 0 Å². The Labute approximate surface area is 202 Å². The molecular weight excluding hydrogens is 520 g/mol. The second-order valence-electron chi connectivity index (χ2n) is 6.73. The molecule has 0 aliphatic heterocycles. The Bertz CT molecular complexity index is 1270. The van der Waals surface area contributed by atoms with E-state index in [1.807, 2.05) is 19.1 Å². The van der Waals surface area contributed by atoms with Gasteiger partial charge in [0, 0.05) is 20.6 Å². The van der Waals surface area contributed by atoms with Crippen LogP contribution in [0.4, 0.5) is 4.39 Å². The van der Waals surface area contributed by atoms with Gasteiger partial charge in [-0.05, 0) is 55.0 Å². The first-order valence-corrected chi connectivity index (χ1v) is 10.7. The minimum atomic E-state index is -0.782. The van der Waals surface area contributed by atoms with Gasteiger partial charge in [-0.2, -0.15) is 5.26 Å². The van der Waals surface area contributed by atoms with Gasteiger partial charge in [0.15, 0.2) is 17.5 Å². The lowest BCUT2D eigenvalue weighted by atomic mass is 10.1. The summed E-state index contributed by atoms with van der Waals surface area (Å²) in [7, 11) is 0. The Morgan fingerprint density at radius 3 is 2.56 bits per heavy atom. The number of ether oxygens (including phenoxy) is 2. The normalized spacial score (nSPS) is 10.4. The van der Waals surface area contributed by atoms with Crippen LogP contribution >= 0.6 is 39.1 Å². The molecule has 5 nitrogen and oxygen atoms in total. The minimum absolute atomic E-state index is 0.00964. The number of aryl methyl sites for hydroxylation is 1. The van der Waals surface area contributed by atoms with E-state index in [1.54, 1.807) is 12.1 Å². The van der Waals surface area contributed by atoms with Crippen molar-refractivity contribution in [2.75, 3.05) is 0 Å². The lowest BCUT2D eigenvalue weighted by molar-refractivity contribution is 0.438.